The first kappa shape index (κ1) is 20.9. The summed E-state index contributed by atoms with van der Waals surface area (Å²) in [6.07, 6.45) is -0.939. The van der Waals surface area contributed by atoms with Gasteiger partial charge in [-0.2, -0.15) is 18.4 Å². The molecular formula is C17H16F3N5O3. The summed E-state index contributed by atoms with van der Waals surface area (Å²) in [5.74, 6) is -1.27. The number of carbonyl (C=O) groups is 2. The highest BCUT2D eigenvalue weighted by Crippen LogP contribution is 2.32. The number of nitriles is 1. The number of rotatable bonds is 5. The molecule has 0 bridgehead atoms. The predicted molar refractivity (Wildman–Crippen MR) is 91.9 cm³/mol. The van der Waals surface area contributed by atoms with Crippen molar-refractivity contribution < 1.29 is 27.9 Å². The molecular weight excluding hydrogens is 379 g/mol. The van der Waals surface area contributed by atoms with Crippen molar-refractivity contribution in [1.29, 1.82) is 5.26 Å². The van der Waals surface area contributed by atoms with Gasteiger partial charge in [0, 0.05) is 19.3 Å². The first-order valence-electron chi connectivity index (χ1n) is 7.87. The summed E-state index contributed by atoms with van der Waals surface area (Å²) in [6, 6.07) is 3.46. The lowest BCUT2D eigenvalue weighted by Crippen LogP contribution is -2.43. The molecule has 0 saturated carbocycles. The molecule has 148 valence electrons. The van der Waals surface area contributed by atoms with E-state index < -0.39 is 28.9 Å². The zero-order valence-electron chi connectivity index (χ0n) is 14.8. The van der Waals surface area contributed by atoms with Crippen molar-refractivity contribution >= 4 is 23.2 Å². The zero-order chi connectivity index (χ0) is 21.1. The van der Waals surface area contributed by atoms with Crippen molar-refractivity contribution in [3.8, 4) is 6.07 Å². The maximum absolute atomic E-state index is 13.0. The highest BCUT2D eigenvalue weighted by Gasteiger charge is 2.36. The predicted octanol–water partition coefficient (Wildman–Crippen LogP) is 2.12. The number of aromatic nitrogens is 2. The van der Waals surface area contributed by atoms with E-state index in [9.17, 15) is 27.9 Å². The Morgan fingerprint density at radius 2 is 2.00 bits per heavy atom. The van der Waals surface area contributed by atoms with E-state index in [1.54, 1.807) is 6.07 Å². The fraction of sp³-hybridized carbons (Fsp3) is 0.294. The third-order valence-corrected chi connectivity index (χ3v) is 3.61. The summed E-state index contributed by atoms with van der Waals surface area (Å²) in [4.78, 5) is 26.7. The molecule has 11 heteroatoms. The fourth-order valence-electron chi connectivity index (χ4n) is 2.35. The van der Waals surface area contributed by atoms with Crippen LogP contribution in [0.1, 0.15) is 25.1 Å². The molecule has 2 heterocycles. The Kier molecular flexibility index (Phi) is 5.75. The molecule has 0 unspecified atom stereocenters. The number of halogens is 3. The van der Waals surface area contributed by atoms with Crippen LogP contribution in [0.25, 0.3) is 0 Å². The van der Waals surface area contributed by atoms with Gasteiger partial charge in [-0.05, 0) is 19.1 Å². The molecule has 2 amide bonds. The number of anilines is 2. The maximum atomic E-state index is 13.0. The van der Waals surface area contributed by atoms with E-state index in [0.29, 0.717) is 11.8 Å². The van der Waals surface area contributed by atoms with Crippen LogP contribution in [0.4, 0.5) is 24.5 Å². The molecule has 2 aromatic heterocycles. The molecule has 2 aromatic rings. The van der Waals surface area contributed by atoms with Crippen LogP contribution in [0.5, 0.6) is 0 Å². The Labute approximate surface area is 157 Å². The molecule has 0 fully saturated rings. The van der Waals surface area contributed by atoms with E-state index in [4.69, 9.17) is 5.26 Å². The second-order valence-corrected chi connectivity index (χ2v) is 6.21. The topological polar surface area (TPSA) is 120 Å². The van der Waals surface area contributed by atoms with Crippen molar-refractivity contribution in [1.82, 2.24) is 9.55 Å². The van der Waals surface area contributed by atoms with Crippen LogP contribution in [0.2, 0.25) is 0 Å². The Bertz CT molecular complexity index is 944. The van der Waals surface area contributed by atoms with Gasteiger partial charge >= 0.3 is 6.18 Å². The van der Waals surface area contributed by atoms with Gasteiger partial charge in [-0.1, -0.05) is 0 Å². The van der Waals surface area contributed by atoms with E-state index in [-0.39, 0.29) is 18.1 Å². The molecule has 0 aliphatic rings. The lowest BCUT2D eigenvalue weighted by atomic mass is 10.1. The lowest BCUT2D eigenvalue weighted by molar-refractivity contribution is -0.138. The number of alkyl halides is 3. The molecule has 8 nitrogen and oxygen atoms in total. The lowest BCUT2D eigenvalue weighted by Gasteiger charge is -2.23. The van der Waals surface area contributed by atoms with Gasteiger partial charge < -0.3 is 20.3 Å². The first-order chi connectivity index (χ1) is 12.9. The SMILES string of the molecule is CC(=O)Nc1ccn(C[C@](C)(O)C(=O)Nc2cnc(C#N)c(C(F)(F)F)c2)c1. The molecule has 0 radical (unpaired) electrons. The van der Waals surface area contributed by atoms with E-state index >= 15 is 0 Å². The average molecular weight is 395 g/mol. The molecule has 0 aromatic carbocycles. The van der Waals surface area contributed by atoms with Gasteiger partial charge in [0.25, 0.3) is 5.91 Å². The Hall–Kier alpha value is -3.39. The molecule has 0 aliphatic carbocycles. The minimum atomic E-state index is -4.83. The number of pyridine rings is 1. The highest BCUT2D eigenvalue weighted by atomic mass is 19.4. The van der Waals surface area contributed by atoms with Crippen LogP contribution in [0.3, 0.4) is 0 Å². The summed E-state index contributed by atoms with van der Waals surface area (Å²) in [5, 5.41) is 23.8. The minimum absolute atomic E-state index is 0.228. The second kappa shape index (κ2) is 7.69. The van der Waals surface area contributed by atoms with Gasteiger partial charge in [0.1, 0.15) is 6.07 Å². The van der Waals surface area contributed by atoms with Crippen molar-refractivity contribution in [2.24, 2.45) is 0 Å². The quantitative estimate of drug-likeness (QED) is 0.716. The largest absolute Gasteiger partial charge is 0.419 e. The third-order valence-electron chi connectivity index (χ3n) is 3.61. The Balaban J connectivity index is 2.16. The molecule has 0 saturated heterocycles. The van der Waals surface area contributed by atoms with E-state index in [2.05, 4.69) is 15.6 Å². The molecule has 3 N–H and O–H groups in total. The Morgan fingerprint density at radius 3 is 2.57 bits per heavy atom. The van der Waals surface area contributed by atoms with Crippen LogP contribution < -0.4 is 10.6 Å². The van der Waals surface area contributed by atoms with Gasteiger partial charge in [-0.25, -0.2) is 4.98 Å². The molecule has 0 spiro atoms. The van der Waals surface area contributed by atoms with Crippen molar-refractivity contribution in [3.05, 3.63) is 42.0 Å². The van der Waals surface area contributed by atoms with Gasteiger partial charge in [-0.15, -0.1) is 0 Å². The standard InChI is InChI=1S/C17H16F3N5O3/c1-10(26)23-11-3-4-25(8-11)9-16(2,28)15(27)24-12-5-13(17(18,19)20)14(6-21)22-7-12/h3-5,7-8,28H,9H2,1-2H3,(H,23,26)(H,24,27)/t16-/m0/s1. The van der Waals surface area contributed by atoms with E-state index in [1.165, 1.54) is 36.9 Å². The highest BCUT2D eigenvalue weighted by molar-refractivity contribution is 5.96. The van der Waals surface area contributed by atoms with Gasteiger partial charge in [0.05, 0.1) is 29.7 Å². The number of hydrogen-bond donors (Lipinski definition) is 3. The van der Waals surface area contributed by atoms with Crippen LogP contribution in [0.15, 0.2) is 30.7 Å². The van der Waals surface area contributed by atoms with Gasteiger partial charge in [0.2, 0.25) is 5.91 Å². The van der Waals surface area contributed by atoms with Crippen LogP contribution in [-0.2, 0) is 22.3 Å². The molecule has 28 heavy (non-hydrogen) atoms. The third kappa shape index (κ3) is 5.08. The number of amides is 2. The van der Waals surface area contributed by atoms with E-state index in [0.717, 1.165) is 6.20 Å². The smallest absolute Gasteiger partial charge is 0.378 e. The summed E-state index contributed by atoms with van der Waals surface area (Å²) in [5.41, 5.74) is -3.97. The zero-order valence-corrected chi connectivity index (χ0v) is 14.8. The maximum Gasteiger partial charge on any atom is 0.419 e. The monoisotopic (exact) mass is 395 g/mol. The van der Waals surface area contributed by atoms with Gasteiger partial charge in [-0.3, -0.25) is 9.59 Å². The average Bonchev–Trinajstić information content (AvgIpc) is 2.99. The number of nitrogens with one attached hydrogen (secondary N) is 2. The normalized spacial score (nSPS) is 13.3. The molecule has 2 rings (SSSR count). The summed E-state index contributed by atoms with van der Waals surface area (Å²) in [6.45, 7) is 2.28. The first-order valence-corrected chi connectivity index (χ1v) is 7.87. The Morgan fingerprint density at radius 1 is 1.32 bits per heavy atom. The number of hydrogen-bond acceptors (Lipinski definition) is 5. The van der Waals surface area contributed by atoms with Crippen LogP contribution >= 0.6 is 0 Å². The number of aliphatic hydroxyl groups is 1. The summed E-state index contributed by atoms with van der Waals surface area (Å²) < 4.78 is 40.4. The molecule has 1 atom stereocenters. The van der Waals surface area contributed by atoms with Crippen molar-refractivity contribution in [3.63, 3.8) is 0 Å². The van der Waals surface area contributed by atoms with E-state index in [1.807, 2.05) is 0 Å². The van der Waals surface area contributed by atoms with Crippen LogP contribution in [-0.4, -0.2) is 32.1 Å². The number of carbonyl (C=O) groups excluding carboxylic acids is 2. The fourth-order valence-corrected chi connectivity index (χ4v) is 2.35. The second-order valence-electron chi connectivity index (χ2n) is 6.21. The number of nitrogens with zero attached hydrogens (tertiary/aromatic N) is 3. The summed E-state index contributed by atoms with van der Waals surface area (Å²) >= 11 is 0. The van der Waals surface area contributed by atoms with Gasteiger partial charge in [0.15, 0.2) is 11.3 Å². The molecule has 0 aliphatic heterocycles. The van der Waals surface area contributed by atoms with Crippen LogP contribution in [0, 0.1) is 11.3 Å². The minimum Gasteiger partial charge on any atom is -0.378 e. The summed E-state index contributed by atoms with van der Waals surface area (Å²) in [7, 11) is 0. The van der Waals surface area contributed by atoms with Crippen molar-refractivity contribution in [2.75, 3.05) is 10.6 Å². The van der Waals surface area contributed by atoms with Crippen molar-refractivity contribution in [2.45, 2.75) is 32.2 Å².